The Hall–Kier alpha value is -2.43. The Bertz CT molecular complexity index is 976. The Morgan fingerprint density at radius 2 is 1.50 bits per heavy atom. The van der Waals surface area contributed by atoms with Crippen molar-refractivity contribution in [1.82, 2.24) is 0 Å². The summed E-state index contributed by atoms with van der Waals surface area (Å²) >= 11 is 0. The molecule has 0 N–H and O–H groups in total. The van der Waals surface area contributed by atoms with Crippen molar-refractivity contribution in [2.45, 2.75) is 28.7 Å². The quantitative estimate of drug-likeness (QED) is 0.657. The highest BCUT2D eigenvalue weighted by molar-refractivity contribution is 7.86. The van der Waals surface area contributed by atoms with Crippen LogP contribution in [0.15, 0.2) is 89.8 Å². The molecule has 3 unspecified atom stereocenters. The maximum atomic E-state index is 13.3. The lowest BCUT2D eigenvalue weighted by Crippen LogP contribution is -2.32. The minimum atomic E-state index is -1.22. The lowest BCUT2D eigenvalue weighted by atomic mass is 9.84. The molecule has 3 aromatic rings. The van der Waals surface area contributed by atoms with Gasteiger partial charge in [-0.15, -0.1) is 0 Å². The molecule has 2 aliphatic heterocycles. The van der Waals surface area contributed by atoms with Crippen molar-refractivity contribution < 1.29 is 9.05 Å². The number of hydroxylamine groups is 1. The van der Waals surface area contributed by atoms with Gasteiger partial charge in [0.2, 0.25) is 0 Å². The smallest absolute Gasteiger partial charge is 0.181 e. The highest BCUT2D eigenvalue weighted by Crippen LogP contribution is 2.59. The Kier molecular flexibility index (Phi) is 3.52. The largest absolute Gasteiger partial charge is 0.252 e. The number of para-hydroxylation sites is 1. The minimum absolute atomic E-state index is 0.00198. The van der Waals surface area contributed by atoms with Crippen LogP contribution in [-0.4, -0.2) is 9.14 Å². The molecule has 0 aliphatic carbocycles. The van der Waals surface area contributed by atoms with Crippen LogP contribution in [0.5, 0.6) is 0 Å². The molecule has 0 radical (unpaired) electrons. The Balaban J connectivity index is 1.72. The number of anilines is 1. The molecule has 3 nitrogen and oxygen atoms in total. The van der Waals surface area contributed by atoms with E-state index in [2.05, 4.69) is 18.2 Å². The van der Waals surface area contributed by atoms with Crippen LogP contribution in [-0.2, 0) is 15.6 Å². The highest BCUT2D eigenvalue weighted by Gasteiger charge is 2.61. The van der Waals surface area contributed by atoms with Crippen molar-refractivity contribution in [3.8, 4) is 0 Å². The molecule has 4 atom stereocenters. The summed E-state index contributed by atoms with van der Waals surface area (Å²) < 4.78 is 13.3. The summed E-state index contributed by atoms with van der Waals surface area (Å²) in [6.45, 7) is 1.98. The summed E-state index contributed by atoms with van der Waals surface area (Å²) in [7, 11) is -1.22. The fraction of sp³-hybridized carbons (Fsp3) is 0.182. The number of benzene rings is 3. The van der Waals surface area contributed by atoms with Gasteiger partial charge in [0, 0.05) is 4.90 Å². The third-order valence-corrected chi connectivity index (χ3v) is 7.22. The van der Waals surface area contributed by atoms with Gasteiger partial charge in [-0.05, 0) is 36.2 Å². The standard InChI is InChI=1S/C22H19NO2S/c1-22-20(18-14-8-9-15-19(18)26(22)24)21(16-10-4-2-5-11-16)23(25-22)17-12-6-3-7-13-17/h2-15,20-21H,1H3/t20?,21?,22-,26?/m1/s1. The Morgan fingerprint density at radius 3 is 2.23 bits per heavy atom. The first-order valence-electron chi connectivity index (χ1n) is 8.79. The third kappa shape index (κ3) is 2.12. The van der Waals surface area contributed by atoms with E-state index >= 15 is 0 Å². The molecule has 0 bridgehead atoms. The first kappa shape index (κ1) is 15.8. The molecule has 3 aromatic carbocycles. The fourth-order valence-electron chi connectivity index (χ4n) is 4.22. The minimum Gasteiger partial charge on any atom is -0.252 e. The van der Waals surface area contributed by atoms with Crippen LogP contribution in [0, 0.1) is 0 Å². The van der Waals surface area contributed by atoms with Crippen molar-refractivity contribution in [3.63, 3.8) is 0 Å². The Morgan fingerprint density at radius 1 is 0.885 bits per heavy atom. The summed E-state index contributed by atoms with van der Waals surface area (Å²) in [4.78, 5) is 6.57. The molecular weight excluding hydrogens is 342 g/mol. The first-order chi connectivity index (χ1) is 12.7. The lowest BCUT2D eigenvalue weighted by molar-refractivity contribution is 0.0632. The van der Waals surface area contributed by atoms with E-state index < -0.39 is 15.7 Å². The van der Waals surface area contributed by atoms with E-state index in [-0.39, 0.29) is 12.0 Å². The zero-order valence-electron chi connectivity index (χ0n) is 14.4. The highest BCUT2D eigenvalue weighted by atomic mass is 32.2. The number of rotatable bonds is 2. The molecule has 1 fully saturated rings. The molecule has 130 valence electrons. The summed E-state index contributed by atoms with van der Waals surface area (Å²) in [5.41, 5.74) is 3.27. The predicted molar refractivity (Wildman–Crippen MR) is 103 cm³/mol. The second-order valence-corrected chi connectivity index (χ2v) is 8.70. The van der Waals surface area contributed by atoms with Crippen LogP contribution in [0.4, 0.5) is 5.69 Å². The van der Waals surface area contributed by atoms with Gasteiger partial charge in [-0.2, -0.15) is 0 Å². The molecule has 0 aromatic heterocycles. The average molecular weight is 361 g/mol. The lowest BCUT2D eigenvalue weighted by Gasteiger charge is -2.28. The maximum absolute atomic E-state index is 13.3. The molecule has 2 aliphatic rings. The van der Waals surface area contributed by atoms with Crippen LogP contribution in [0.25, 0.3) is 0 Å². The second kappa shape index (κ2) is 5.79. The van der Waals surface area contributed by atoms with Gasteiger partial charge in [-0.1, -0.05) is 66.7 Å². The van der Waals surface area contributed by atoms with Crippen LogP contribution in [0.3, 0.4) is 0 Å². The molecule has 4 heteroatoms. The topological polar surface area (TPSA) is 29.5 Å². The van der Waals surface area contributed by atoms with Crippen LogP contribution < -0.4 is 5.06 Å². The first-order valence-corrected chi connectivity index (χ1v) is 9.94. The van der Waals surface area contributed by atoms with E-state index in [1.165, 1.54) is 5.56 Å². The van der Waals surface area contributed by atoms with Crippen molar-refractivity contribution in [2.24, 2.45) is 0 Å². The maximum Gasteiger partial charge on any atom is 0.181 e. The van der Waals surface area contributed by atoms with Crippen molar-refractivity contribution in [2.75, 3.05) is 5.06 Å². The summed E-state index contributed by atoms with van der Waals surface area (Å²) in [5.74, 6) is 0.00198. The zero-order valence-corrected chi connectivity index (χ0v) is 15.2. The van der Waals surface area contributed by atoms with Crippen LogP contribution in [0.1, 0.15) is 30.0 Å². The molecule has 2 heterocycles. The third-order valence-electron chi connectivity index (χ3n) is 5.39. The second-order valence-electron chi connectivity index (χ2n) is 6.91. The molecule has 5 rings (SSSR count). The predicted octanol–water partition coefficient (Wildman–Crippen LogP) is 4.80. The average Bonchev–Trinajstić information content (AvgIpc) is 3.13. The summed E-state index contributed by atoms with van der Waals surface area (Å²) in [6, 6.07) is 28.4. The van der Waals surface area contributed by atoms with Crippen molar-refractivity contribution >= 4 is 16.5 Å². The van der Waals surface area contributed by atoms with Gasteiger partial charge in [0.15, 0.2) is 4.93 Å². The number of fused-ring (bicyclic) bond motifs is 3. The van der Waals surface area contributed by atoms with Gasteiger partial charge >= 0.3 is 0 Å². The molecule has 1 saturated heterocycles. The van der Waals surface area contributed by atoms with Crippen molar-refractivity contribution in [3.05, 3.63) is 96.1 Å². The number of nitrogens with zero attached hydrogens (tertiary/aromatic N) is 1. The van der Waals surface area contributed by atoms with Crippen molar-refractivity contribution in [1.29, 1.82) is 0 Å². The molecule has 0 spiro atoms. The van der Waals surface area contributed by atoms with E-state index in [1.807, 2.05) is 78.7 Å². The van der Waals surface area contributed by atoms with E-state index in [0.717, 1.165) is 16.1 Å². The van der Waals surface area contributed by atoms with Gasteiger partial charge in [-0.3, -0.25) is 9.05 Å². The Labute approximate surface area is 155 Å². The molecular formula is C22H19NO2S. The van der Waals surface area contributed by atoms with Crippen LogP contribution >= 0.6 is 0 Å². The monoisotopic (exact) mass is 361 g/mol. The van der Waals surface area contributed by atoms with Gasteiger partial charge in [0.05, 0.1) is 28.4 Å². The van der Waals surface area contributed by atoms with E-state index in [0.29, 0.717) is 0 Å². The molecule has 0 amide bonds. The number of hydrogen-bond acceptors (Lipinski definition) is 3. The normalized spacial score (nSPS) is 29.4. The van der Waals surface area contributed by atoms with Gasteiger partial charge < -0.3 is 0 Å². The SMILES string of the molecule is C[C@]12ON(c3ccccc3)C(c3ccccc3)C1c1ccccc1S2=O. The van der Waals surface area contributed by atoms with E-state index in [1.54, 1.807) is 0 Å². The fourth-order valence-corrected chi connectivity index (χ4v) is 5.91. The van der Waals surface area contributed by atoms with Gasteiger partial charge in [-0.25, -0.2) is 5.06 Å². The number of hydrogen-bond donors (Lipinski definition) is 0. The van der Waals surface area contributed by atoms with Gasteiger partial charge in [0.1, 0.15) is 0 Å². The van der Waals surface area contributed by atoms with E-state index in [9.17, 15) is 4.21 Å². The molecule has 26 heavy (non-hydrogen) atoms. The summed E-state index contributed by atoms with van der Waals surface area (Å²) in [6.07, 6.45) is 0. The molecule has 0 saturated carbocycles. The van der Waals surface area contributed by atoms with Gasteiger partial charge in [0.25, 0.3) is 0 Å². The zero-order chi connectivity index (χ0) is 17.7. The van der Waals surface area contributed by atoms with Crippen LogP contribution in [0.2, 0.25) is 0 Å². The van der Waals surface area contributed by atoms with E-state index in [4.69, 9.17) is 4.84 Å². The summed E-state index contributed by atoms with van der Waals surface area (Å²) in [5, 5.41) is 1.95.